The van der Waals surface area contributed by atoms with Crippen LogP contribution < -0.4 is 10.6 Å². The highest BCUT2D eigenvalue weighted by atomic mass is 35.5. The van der Waals surface area contributed by atoms with Crippen molar-refractivity contribution < 1.29 is 24.0 Å². The predicted octanol–water partition coefficient (Wildman–Crippen LogP) is 1.25. The number of carbonyl (C=O) groups is 2. The van der Waals surface area contributed by atoms with E-state index in [2.05, 4.69) is 25.9 Å². The molecule has 2 amide bonds. The van der Waals surface area contributed by atoms with E-state index in [-0.39, 0.29) is 47.6 Å². The summed E-state index contributed by atoms with van der Waals surface area (Å²) >= 11 is 5.87. The summed E-state index contributed by atoms with van der Waals surface area (Å²) in [5.74, 6) is -1.98. The number of halogens is 1. The maximum absolute atomic E-state index is 12.1. The number of hydrogen-bond donors (Lipinski definition) is 2. The van der Waals surface area contributed by atoms with Crippen LogP contribution in [0.25, 0.3) is 0 Å². The molecule has 0 atom stereocenters. The third-order valence-corrected chi connectivity index (χ3v) is 4.72. The number of rotatable bonds is 9. The first-order valence-electron chi connectivity index (χ1n) is 9.18. The molecule has 0 saturated carbocycles. The highest BCUT2D eigenvalue weighted by Gasteiger charge is 2.25. The van der Waals surface area contributed by atoms with Crippen molar-refractivity contribution in [3.63, 3.8) is 0 Å². The molecule has 172 valence electrons. The van der Waals surface area contributed by atoms with Crippen LogP contribution in [-0.2, 0) is 6.54 Å². The molecule has 0 aliphatic heterocycles. The fourth-order valence-corrected chi connectivity index (χ4v) is 2.79. The molecule has 0 fully saturated rings. The quantitative estimate of drug-likeness (QED) is 0.256. The van der Waals surface area contributed by atoms with Gasteiger partial charge in [-0.25, -0.2) is 0 Å². The maximum atomic E-state index is 12.1. The number of nitro benzene ring substituents is 1. The van der Waals surface area contributed by atoms with Gasteiger partial charge >= 0.3 is 17.6 Å². The third kappa shape index (κ3) is 5.45. The van der Waals surface area contributed by atoms with E-state index >= 15 is 0 Å². The average molecular weight is 479 g/mol. The van der Waals surface area contributed by atoms with Gasteiger partial charge in [-0.3, -0.25) is 19.7 Å². The average Bonchev–Trinajstić information content (AvgIpc) is 3.37. The molecular weight excluding hydrogens is 464 g/mol. The molecule has 0 saturated heterocycles. The first kappa shape index (κ1) is 23.3. The summed E-state index contributed by atoms with van der Waals surface area (Å²) < 4.78 is 6.09. The Morgan fingerprint density at radius 1 is 1.09 bits per heavy atom. The Balaban J connectivity index is 1.49. The fourth-order valence-electron chi connectivity index (χ4n) is 2.59. The number of carbonyl (C=O) groups excluding carboxylic acids is 2. The number of hydrogen-bond acceptors (Lipinski definition) is 10. The lowest BCUT2D eigenvalue weighted by atomic mass is 10.2. The largest absolute Gasteiger partial charge is 0.408 e. The molecule has 0 spiro atoms. The van der Waals surface area contributed by atoms with Crippen LogP contribution in [0.2, 0.25) is 5.02 Å². The summed E-state index contributed by atoms with van der Waals surface area (Å²) in [7, 11) is 0. The molecule has 0 unspecified atom stereocenters. The molecule has 1 aromatic carbocycles. The van der Waals surface area contributed by atoms with Gasteiger partial charge in [0.2, 0.25) is 0 Å². The highest BCUT2D eigenvalue weighted by Crippen LogP contribution is 2.26. The van der Waals surface area contributed by atoms with Gasteiger partial charge in [0, 0.05) is 30.8 Å². The van der Waals surface area contributed by atoms with Crippen LogP contribution in [0.3, 0.4) is 0 Å². The van der Waals surface area contributed by atoms with Gasteiger partial charge in [0.1, 0.15) is 6.54 Å². The summed E-state index contributed by atoms with van der Waals surface area (Å²) in [4.78, 5) is 48.3. The van der Waals surface area contributed by atoms with E-state index in [9.17, 15) is 29.8 Å². The summed E-state index contributed by atoms with van der Waals surface area (Å²) in [6, 6.07) is 5.05. The molecule has 2 aromatic heterocycles. The van der Waals surface area contributed by atoms with E-state index in [4.69, 9.17) is 16.1 Å². The second-order valence-corrected chi connectivity index (χ2v) is 6.85. The number of nitro groups is 2. The predicted molar refractivity (Wildman–Crippen MR) is 110 cm³/mol. The molecule has 2 heterocycles. The Labute approximate surface area is 189 Å². The van der Waals surface area contributed by atoms with Crippen molar-refractivity contribution in [2.45, 2.75) is 13.5 Å². The summed E-state index contributed by atoms with van der Waals surface area (Å²) in [5.41, 5.74) is 0.410. The minimum absolute atomic E-state index is 0.0370. The zero-order valence-corrected chi connectivity index (χ0v) is 17.6. The highest BCUT2D eigenvalue weighted by molar-refractivity contribution is 6.33. The van der Waals surface area contributed by atoms with Gasteiger partial charge in [-0.15, -0.1) is 0 Å². The molecule has 0 aliphatic carbocycles. The number of nitrogens with zero attached hydrogens (tertiary/aromatic N) is 6. The Morgan fingerprint density at radius 3 is 2.30 bits per heavy atom. The second kappa shape index (κ2) is 9.82. The zero-order valence-electron chi connectivity index (χ0n) is 16.8. The van der Waals surface area contributed by atoms with E-state index in [1.165, 1.54) is 35.9 Å². The minimum Gasteiger partial charge on any atom is -0.358 e. The van der Waals surface area contributed by atoms with E-state index in [0.29, 0.717) is 5.69 Å². The zero-order chi connectivity index (χ0) is 24.1. The van der Waals surface area contributed by atoms with Gasteiger partial charge in [-0.2, -0.15) is 9.67 Å². The van der Waals surface area contributed by atoms with Crippen LogP contribution in [0.5, 0.6) is 0 Å². The Morgan fingerprint density at radius 2 is 1.73 bits per heavy atom. The standard InChI is InChI=1S/C17H15ClN8O7/c1-9-13(18)14(26(31)32)22-24(9)8-12-21-17(33-23-12)16(28)20-7-6-19-15(27)10-2-4-11(5-3-10)25(29)30/h2-5H,6-8H2,1H3,(H,19,27)(H,20,28). The van der Waals surface area contributed by atoms with Gasteiger partial charge in [0.05, 0.1) is 15.7 Å². The van der Waals surface area contributed by atoms with Crippen LogP contribution >= 0.6 is 11.6 Å². The smallest absolute Gasteiger partial charge is 0.358 e. The van der Waals surface area contributed by atoms with Crippen LogP contribution in [0, 0.1) is 27.2 Å². The lowest BCUT2D eigenvalue weighted by Gasteiger charge is -2.05. The van der Waals surface area contributed by atoms with Gasteiger partial charge in [0.15, 0.2) is 10.8 Å². The lowest BCUT2D eigenvalue weighted by Crippen LogP contribution is -2.34. The second-order valence-electron chi connectivity index (χ2n) is 6.47. The maximum Gasteiger partial charge on any atom is 0.408 e. The van der Waals surface area contributed by atoms with E-state index < -0.39 is 27.5 Å². The normalized spacial score (nSPS) is 10.6. The van der Waals surface area contributed by atoms with Crippen molar-refractivity contribution in [3.8, 4) is 0 Å². The van der Waals surface area contributed by atoms with Crippen LogP contribution in [-0.4, -0.2) is 54.7 Å². The van der Waals surface area contributed by atoms with Crippen molar-refractivity contribution in [2.75, 3.05) is 13.1 Å². The van der Waals surface area contributed by atoms with E-state index in [1.54, 1.807) is 0 Å². The fraction of sp³-hybridized carbons (Fsp3) is 0.235. The number of non-ortho nitro benzene ring substituents is 1. The molecule has 0 radical (unpaired) electrons. The molecular formula is C17H15ClN8O7. The van der Waals surface area contributed by atoms with Gasteiger partial charge < -0.3 is 25.3 Å². The minimum atomic E-state index is -0.721. The molecule has 15 nitrogen and oxygen atoms in total. The van der Waals surface area contributed by atoms with Crippen molar-refractivity contribution >= 4 is 34.9 Å². The van der Waals surface area contributed by atoms with Crippen molar-refractivity contribution in [3.05, 3.63) is 72.5 Å². The van der Waals surface area contributed by atoms with Crippen molar-refractivity contribution in [2.24, 2.45) is 0 Å². The first-order chi connectivity index (χ1) is 15.7. The Hall–Kier alpha value is -4.40. The van der Waals surface area contributed by atoms with Gasteiger partial charge in [-0.05, 0) is 24.0 Å². The number of amides is 2. The van der Waals surface area contributed by atoms with Crippen molar-refractivity contribution in [1.29, 1.82) is 0 Å². The van der Waals surface area contributed by atoms with Gasteiger partial charge in [-0.1, -0.05) is 16.8 Å². The SMILES string of the molecule is Cc1c(Cl)c([N+](=O)[O-])nn1Cc1noc(C(=O)NCCNC(=O)c2ccc([N+](=O)[O-])cc2)n1. The monoisotopic (exact) mass is 478 g/mol. The molecule has 3 rings (SSSR count). The molecule has 3 aromatic rings. The third-order valence-electron chi connectivity index (χ3n) is 4.28. The summed E-state index contributed by atoms with van der Waals surface area (Å²) in [6.07, 6.45) is 0. The summed E-state index contributed by atoms with van der Waals surface area (Å²) in [6.45, 7) is 1.52. The van der Waals surface area contributed by atoms with Crippen LogP contribution in [0.4, 0.5) is 11.5 Å². The van der Waals surface area contributed by atoms with E-state index in [0.717, 1.165) is 0 Å². The molecule has 0 bridgehead atoms. The van der Waals surface area contributed by atoms with Crippen LogP contribution in [0.1, 0.15) is 32.6 Å². The topological polar surface area (TPSA) is 201 Å². The van der Waals surface area contributed by atoms with Crippen molar-refractivity contribution in [1.82, 2.24) is 30.6 Å². The first-order valence-corrected chi connectivity index (χ1v) is 9.56. The van der Waals surface area contributed by atoms with Gasteiger partial charge in [0.25, 0.3) is 11.6 Å². The molecule has 2 N–H and O–H groups in total. The van der Waals surface area contributed by atoms with Crippen LogP contribution in [0.15, 0.2) is 28.8 Å². The number of nitrogens with one attached hydrogen (secondary N) is 2. The Kier molecular flexibility index (Phi) is 6.92. The molecule has 16 heteroatoms. The summed E-state index contributed by atoms with van der Waals surface area (Å²) in [5, 5.41) is 33.9. The number of benzene rings is 1. The van der Waals surface area contributed by atoms with E-state index in [1.807, 2.05) is 0 Å². The molecule has 0 aliphatic rings. The Bertz CT molecular complexity index is 1220. The lowest BCUT2D eigenvalue weighted by molar-refractivity contribution is -0.389. The number of aromatic nitrogens is 4. The molecule has 33 heavy (non-hydrogen) atoms.